The van der Waals surface area contributed by atoms with Crippen LogP contribution < -0.4 is 0 Å². The van der Waals surface area contributed by atoms with Crippen LogP contribution in [0, 0.1) is 50.7 Å². The van der Waals surface area contributed by atoms with E-state index in [0.29, 0.717) is 45.8 Å². The van der Waals surface area contributed by atoms with Crippen molar-refractivity contribution in [3.8, 4) is 0 Å². The van der Waals surface area contributed by atoms with Crippen molar-refractivity contribution in [1.29, 1.82) is 0 Å². The second-order valence-corrected chi connectivity index (χ2v) is 14.0. The molecule has 5 rings (SSSR count). The number of carboxylic acids is 1. The van der Waals surface area contributed by atoms with E-state index in [4.69, 9.17) is 4.74 Å². The van der Waals surface area contributed by atoms with E-state index >= 15 is 0 Å². The van der Waals surface area contributed by atoms with E-state index in [-0.39, 0.29) is 17.5 Å². The van der Waals surface area contributed by atoms with Crippen LogP contribution in [-0.2, 0) is 14.3 Å². The predicted molar refractivity (Wildman–Crippen MR) is 128 cm³/mol. The van der Waals surface area contributed by atoms with Crippen molar-refractivity contribution in [1.82, 2.24) is 0 Å². The SMILES string of the molecule is CC(=O)O[C@H]1CC[C@]23C[C@]24CC[C@]2(C)C([C@H](C)CCC(=O)O)CC[C@@]2(C)[C@@H]4CC[C@H]3C1(C)C. The minimum atomic E-state index is -0.652. The molecule has 5 aliphatic rings. The highest BCUT2D eigenvalue weighted by molar-refractivity contribution is 5.66. The van der Waals surface area contributed by atoms with Crippen molar-refractivity contribution < 1.29 is 19.4 Å². The number of hydrogen-bond donors (Lipinski definition) is 1. The summed E-state index contributed by atoms with van der Waals surface area (Å²) in [6.07, 6.45) is 12.7. The topological polar surface area (TPSA) is 63.6 Å². The third kappa shape index (κ3) is 2.94. The van der Waals surface area contributed by atoms with Crippen molar-refractivity contribution in [2.24, 2.45) is 50.7 Å². The van der Waals surface area contributed by atoms with E-state index in [9.17, 15) is 14.7 Å². The Hall–Kier alpha value is -1.06. The maximum absolute atomic E-state index is 11.8. The van der Waals surface area contributed by atoms with E-state index in [1.165, 1.54) is 51.4 Å². The molecule has 0 aromatic heterocycles. The molecule has 0 aromatic rings. The average molecular weight is 459 g/mol. The van der Waals surface area contributed by atoms with Crippen LogP contribution >= 0.6 is 0 Å². The predicted octanol–water partition coefficient (Wildman–Crippen LogP) is 6.86. The molecule has 2 spiro atoms. The molecule has 1 N–H and O–H groups in total. The lowest BCUT2D eigenvalue weighted by molar-refractivity contribution is -0.181. The number of hydrogen-bond acceptors (Lipinski definition) is 3. The molecule has 5 saturated carbocycles. The Morgan fingerprint density at radius 1 is 0.909 bits per heavy atom. The van der Waals surface area contributed by atoms with Crippen molar-refractivity contribution >= 4 is 11.9 Å². The molecule has 186 valence electrons. The highest BCUT2D eigenvalue weighted by Gasteiger charge is 2.82. The van der Waals surface area contributed by atoms with Gasteiger partial charge in [-0.25, -0.2) is 0 Å². The maximum atomic E-state index is 11.8. The van der Waals surface area contributed by atoms with Crippen LogP contribution in [0.2, 0.25) is 0 Å². The fraction of sp³-hybridized carbons (Fsp3) is 0.931. The van der Waals surface area contributed by atoms with Gasteiger partial charge in [0.1, 0.15) is 6.10 Å². The number of carbonyl (C=O) groups excluding carboxylic acids is 1. The highest BCUT2D eigenvalue weighted by Crippen LogP contribution is 2.89. The van der Waals surface area contributed by atoms with Gasteiger partial charge >= 0.3 is 11.9 Å². The molecule has 1 unspecified atom stereocenters. The molecule has 0 aromatic carbocycles. The summed E-state index contributed by atoms with van der Waals surface area (Å²) in [4.78, 5) is 23.0. The third-order valence-electron chi connectivity index (χ3n) is 12.9. The van der Waals surface area contributed by atoms with Crippen molar-refractivity contribution in [3.63, 3.8) is 0 Å². The maximum Gasteiger partial charge on any atom is 0.303 e. The number of carbonyl (C=O) groups is 2. The minimum Gasteiger partial charge on any atom is -0.481 e. The standard InChI is InChI=1S/C29H46O4/c1-18(7-10-24(31)32)20-11-13-27(6)22-9-8-21-25(3,4)23(33-19(2)30)12-14-28(21)17-29(22,28)16-15-26(20,27)5/h18,20-23H,7-17H2,1-6H3,(H,31,32)/t18-,20?,21+,22+,23+,26-,27+,28-,29+/m1/s1. The zero-order valence-corrected chi connectivity index (χ0v) is 21.8. The first-order valence-corrected chi connectivity index (χ1v) is 13.7. The highest BCUT2D eigenvalue weighted by atomic mass is 16.5. The van der Waals surface area contributed by atoms with Gasteiger partial charge in [-0.15, -0.1) is 0 Å². The van der Waals surface area contributed by atoms with E-state index in [0.717, 1.165) is 18.8 Å². The first-order valence-electron chi connectivity index (χ1n) is 13.7. The molecule has 0 bridgehead atoms. The summed E-state index contributed by atoms with van der Waals surface area (Å²) >= 11 is 0. The van der Waals surface area contributed by atoms with Crippen molar-refractivity contribution in [2.45, 2.75) is 118 Å². The molecule has 33 heavy (non-hydrogen) atoms. The van der Waals surface area contributed by atoms with Gasteiger partial charge in [0.2, 0.25) is 0 Å². The zero-order valence-electron chi connectivity index (χ0n) is 21.8. The second-order valence-electron chi connectivity index (χ2n) is 14.0. The molecule has 0 radical (unpaired) electrons. The number of carboxylic acid groups (broad SMARTS) is 1. The van der Waals surface area contributed by atoms with Gasteiger partial charge in [0, 0.05) is 18.8 Å². The van der Waals surface area contributed by atoms with E-state index in [1.807, 2.05) is 0 Å². The number of ether oxygens (including phenoxy) is 1. The largest absolute Gasteiger partial charge is 0.481 e. The molecule has 0 aliphatic heterocycles. The lowest BCUT2D eigenvalue weighted by Gasteiger charge is -2.63. The number of rotatable bonds is 5. The lowest BCUT2D eigenvalue weighted by Crippen LogP contribution is -2.58. The Morgan fingerprint density at radius 2 is 1.58 bits per heavy atom. The van der Waals surface area contributed by atoms with Crippen LogP contribution in [0.25, 0.3) is 0 Å². The van der Waals surface area contributed by atoms with Crippen molar-refractivity contribution in [2.75, 3.05) is 0 Å². The molecular weight excluding hydrogens is 412 g/mol. The first kappa shape index (κ1) is 23.7. The Morgan fingerprint density at radius 3 is 2.24 bits per heavy atom. The summed E-state index contributed by atoms with van der Waals surface area (Å²) in [6, 6.07) is 0. The lowest BCUT2D eigenvalue weighted by atomic mass is 9.41. The summed E-state index contributed by atoms with van der Waals surface area (Å²) in [7, 11) is 0. The molecule has 5 fully saturated rings. The number of esters is 1. The van der Waals surface area contributed by atoms with Gasteiger partial charge in [-0.05, 0) is 110 Å². The molecule has 4 heteroatoms. The normalized spacial score (nSPS) is 50.2. The van der Waals surface area contributed by atoms with Crippen LogP contribution in [0.1, 0.15) is 112 Å². The molecule has 4 nitrogen and oxygen atoms in total. The van der Waals surface area contributed by atoms with Crippen LogP contribution in [0.4, 0.5) is 0 Å². The Bertz CT molecular complexity index is 849. The fourth-order valence-electron chi connectivity index (χ4n) is 11.3. The summed E-state index contributed by atoms with van der Waals surface area (Å²) in [5, 5.41) is 9.24. The fourth-order valence-corrected chi connectivity index (χ4v) is 11.3. The second kappa shape index (κ2) is 7.23. The van der Waals surface area contributed by atoms with E-state index < -0.39 is 5.97 Å². The summed E-state index contributed by atoms with van der Waals surface area (Å²) in [5.74, 6) is 1.84. The van der Waals surface area contributed by atoms with Crippen LogP contribution in [0.3, 0.4) is 0 Å². The van der Waals surface area contributed by atoms with Crippen LogP contribution in [0.5, 0.6) is 0 Å². The molecule has 5 aliphatic carbocycles. The summed E-state index contributed by atoms with van der Waals surface area (Å²) in [6.45, 7) is 13.9. The van der Waals surface area contributed by atoms with Gasteiger partial charge in [0.25, 0.3) is 0 Å². The van der Waals surface area contributed by atoms with Gasteiger partial charge < -0.3 is 9.84 Å². The smallest absolute Gasteiger partial charge is 0.303 e. The Labute approximate surface area is 200 Å². The molecule has 9 atom stereocenters. The van der Waals surface area contributed by atoms with Gasteiger partial charge in [0.05, 0.1) is 0 Å². The Balaban J connectivity index is 1.41. The third-order valence-corrected chi connectivity index (χ3v) is 12.9. The van der Waals surface area contributed by atoms with Crippen molar-refractivity contribution in [3.05, 3.63) is 0 Å². The molecular formula is C29H46O4. The number of fused-ring (bicyclic) bond motifs is 2. The molecule has 0 heterocycles. The van der Waals surface area contributed by atoms with Gasteiger partial charge in [0.15, 0.2) is 0 Å². The summed E-state index contributed by atoms with van der Waals surface area (Å²) < 4.78 is 5.86. The monoisotopic (exact) mass is 458 g/mol. The minimum absolute atomic E-state index is 0.0591. The Kier molecular flexibility index (Phi) is 5.19. The quantitative estimate of drug-likeness (QED) is 0.457. The van der Waals surface area contributed by atoms with Gasteiger partial charge in [-0.3, -0.25) is 9.59 Å². The first-order chi connectivity index (χ1) is 15.3. The molecule has 0 amide bonds. The van der Waals surface area contributed by atoms with Gasteiger partial charge in [-0.1, -0.05) is 34.6 Å². The van der Waals surface area contributed by atoms with E-state index in [2.05, 4.69) is 34.6 Å². The van der Waals surface area contributed by atoms with E-state index in [1.54, 1.807) is 6.92 Å². The van der Waals surface area contributed by atoms with Gasteiger partial charge in [-0.2, -0.15) is 0 Å². The van der Waals surface area contributed by atoms with Crippen LogP contribution in [-0.4, -0.2) is 23.1 Å². The average Bonchev–Trinajstić information content (AvgIpc) is 3.31. The molecule has 0 saturated heterocycles. The summed E-state index contributed by atoms with van der Waals surface area (Å²) in [5.41, 5.74) is 1.74. The zero-order chi connectivity index (χ0) is 24.0. The number of aliphatic carboxylic acids is 1. The van der Waals surface area contributed by atoms with Crippen LogP contribution in [0.15, 0.2) is 0 Å².